The van der Waals surface area contributed by atoms with Gasteiger partial charge in [-0.3, -0.25) is 14.7 Å². The number of nitrogens with one attached hydrogen (secondary N) is 1. The van der Waals surface area contributed by atoms with Crippen molar-refractivity contribution in [1.29, 1.82) is 0 Å². The molecule has 5 aromatic rings. The molecule has 3 N–H and O–H groups in total. The molecule has 4 heterocycles. The van der Waals surface area contributed by atoms with Crippen molar-refractivity contribution in [2.24, 2.45) is 0 Å². The fraction of sp³-hybridized carbons (Fsp3) is 0.345. The number of aromatic amines is 1. The number of fused-ring (bicyclic) bond motifs is 1. The largest absolute Gasteiger partial charge is 0.382 e. The highest BCUT2D eigenvalue weighted by Crippen LogP contribution is 2.43. The van der Waals surface area contributed by atoms with Gasteiger partial charge in [0.2, 0.25) is 0 Å². The van der Waals surface area contributed by atoms with Gasteiger partial charge in [-0.1, -0.05) is 18.2 Å². The number of carbonyl (C=O) groups excluding carboxylic acids is 1. The van der Waals surface area contributed by atoms with Gasteiger partial charge in [-0.2, -0.15) is 14.7 Å². The van der Waals surface area contributed by atoms with Crippen LogP contribution in [0, 0.1) is 0 Å². The minimum absolute atomic E-state index is 0.0459. The van der Waals surface area contributed by atoms with E-state index in [1.165, 1.54) is 23.9 Å². The van der Waals surface area contributed by atoms with E-state index in [1.54, 1.807) is 10.9 Å². The number of hydrogen-bond donors (Lipinski definition) is 2. The first-order chi connectivity index (χ1) is 21.1. The number of sulfone groups is 1. The van der Waals surface area contributed by atoms with Gasteiger partial charge in [0.1, 0.15) is 16.3 Å². The molecule has 0 radical (unpaired) electrons. The number of aromatic nitrogens is 7. The number of ether oxygens (including phenoxy) is 2. The molecule has 1 saturated carbocycles. The van der Waals surface area contributed by atoms with E-state index in [2.05, 4.69) is 10.2 Å². The van der Waals surface area contributed by atoms with Crippen LogP contribution in [-0.2, 0) is 19.3 Å². The number of nitrogens with two attached hydrogens (primary N) is 1. The maximum absolute atomic E-state index is 13.6. The Balaban J connectivity index is 1.38. The summed E-state index contributed by atoms with van der Waals surface area (Å²) in [6.45, 7) is 0.441. The second kappa shape index (κ2) is 11.5. The van der Waals surface area contributed by atoms with Crippen LogP contribution >= 0.6 is 0 Å². The van der Waals surface area contributed by atoms with Crippen LogP contribution in [-0.4, -0.2) is 80.7 Å². The van der Waals surface area contributed by atoms with Crippen LogP contribution in [0.25, 0.3) is 22.6 Å². The van der Waals surface area contributed by atoms with Crippen LogP contribution in [0.5, 0.6) is 0 Å². The quantitative estimate of drug-likeness (QED) is 0.232. The summed E-state index contributed by atoms with van der Waals surface area (Å²) in [5.74, 6) is -0.810. The maximum Gasteiger partial charge on any atom is 0.277 e. The van der Waals surface area contributed by atoms with Gasteiger partial charge >= 0.3 is 0 Å². The predicted molar refractivity (Wildman–Crippen MR) is 161 cm³/mol. The Kier molecular flexibility index (Phi) is 7.69. The highest BCUT2D eigenvalue weighted by Gasteiger charge is 2.45. The molecule has 0 bridgehead atoms. The fourth-order valence-corrected chi connectivity index (χ4v) is 6.88. The van der Waals surface area contributed by atoms with Crippen molar-refractivity contribution in [2.45, 2.75) is 42.1 Å². The Labute approximate surface area is 252 Å². The van der Waals surface area contributed by atoms with Crippen LogP contribution in [0.3, 0.4) is 0 Å². The molecule has 1 fully saturated rings. The van der Waals surface area contributed by atoms with Gasteiger partial charge in [-0.25, -0.2) is 22.8 Å². The minimum Gasteiger partial charge on any atom is -0.382 e. The predicted octanol–water partition coefficient (Wildman–Crippen LogP) is 2.46. The smallest absolute Gasteiger partial charge is 0.277 e. The van der Waals surface area contributed by atoms with Gasteiger partial charge < -0.3 is 15.2 Å². The Bertz CT molecular complexity index is 1980. The molecule has 44 heavy (non-hydrogen) atoms. The van der Waals surface area contributed by atoms with Gasteiger partial charge in [0, 0.05) is 37.7 Å². The van der Waals surface area contributed by atoms with Crippen LogP contribution < -0.4 is 11.3 Å². The number of methoxy groups -OCH3 is 1. The fourth-order valence-electron chi connectivity index (χ4n) is 5.82. The molecule has 4 aromatic heterocycles. The van der Waals surface area contributed by atoms with Crippen molar-refractivity contribution < 1.29 is 22.7 Å². The van der Waals surface area contributed by atoms with E-state index in [4.69, 9.17) is 25.3 Å². The molecule has 1 aliphatic rings. The number of carbonyl (C=O) groups is 1. The van der Waals surface area contributed by atoms with E-state index in [0.29, 0.717) is 35.4 Å². The highest BCUT2D eigenvalue weighted by molar-refractivity contribution is 7.91. The van der Waals surface area contributed by atoms with Crippen molar-refractivity contribution in [3.05, 3.63) is 77.1 Å². The average molecular weight is 621 g/mol. The normalized spacial score (nSPS) is 19.0. The first-order valence-electron chi connectivity index (χ1n) is 14.1. The third-order valence-corrected chi connectivity index (χ3v) is 9.14. The zero-order valence-electron chi connectivity index (χ0n) is 24.2. The summed E-state index contributed by atoms with van der Waals surface area (Å²) in [5, 5.41) is 11.6. The Morgan fingerprint density at radius 2 is 1.86 bits per heavy atom. The van der Waals surface area contributed by atoms with Gasteiger partial charge in [-0.05, 0) is 43.9 Å². The molecule has 6 rings (SSSR count). The molecule has 15 heteroatoms. The number of hydrogen-bond acceptors (Lipinski definition) is 10. The number of H-pyrrole nitrogens is 1. The summed E-state index contributed by atoms with van der Waals surface area (Å²) in [4.78, 5) is 30.1. The Hall–Kier alpha value is -4.60. The molecule has 0 atom stereocenters. The van der Waals surface area contributed by atoms with E-state index < -0.39 is 26.9 Å². The van der Waals surface area contributed by atoms with Crippen molar-refractivity contribution in [3.63, 3.8) is 0 Å². The van der Waals surface area contributed by atoms with E-state index in [9.17, 15) is 18.0 Å². The van der Waals surface area contributed by atoms with E-state index in [0.717, 1.165) is 16.6 Å². The molecule has 1 aliphatic carbocycles. The molecule has 0 amide bonds. The summed E-state index contributed by atoms with van der Waals surface area (Å²) in [7, 11) is -2.29. The molecule has 0 unspecified atom stereocenters. The maximum atomic E-state index is 13.6. The lowest BCUT2D eigenvalue weighted by Gasteiger charge is -2.38. The van der Waals surface area contributed by atoms with E-state index in [1.807, 2.05) is 42.6 Å². The molecule has 14 nitrogen and oxygen atoms in total. The zero-order valence-corrected chi connectivity index (χ0v) is 25.0. The third kappa shape index (κ3) is 5.33. The molecule has 230 valence electrons. The van der Waals surface area contributed by atoms with Crippen molar-refractivity contribution in [1.82, 2.24) is 34.2 Å². The first-order valence-corrected chi connectivity index (χ1v) is 15.9. The zero-order chi connectivity index (χ0) is 31.1. The van der Waals surface area contributed by atoms with Crippen LogP contribution in [0.2, 0.25) is 0 Å². The summed E-state index contributed by atoms with van der Waals surface area (Å²) in [5.41, 5.74) is 7.58. The second-order valence-electron chi connectivity index (χ2n) is 10.8. The summed E-state index contributed by atoms with van der Waals surface area (Å²) in [6.07, 6.45) is 7.11. The molecule has 0 saturated heterocycles. The Morgan fingerprint density at radius 1 is 1.11 bits per heavy atom. The van der Waals surface area contributed by atoms with Gasteiger partial charge in [-0.15, -0.1) is 0 Å². The number of benzene rings is 1. The topological polar surface area (TPSA) is 181 Å². The standard InChI is InChI=1S/C29H32N8O6S/c1-42-16-17-43-29(28(39)36-15-11-23(38)34-36)12-8-19(9-13-29)24-25(44(2,40)41)26(30)37-27(32-24)21(18-31-37)22-10-14-35(33-22)20-6-4-3-5-7-20/h3-7,10-11,14-15,18-19H,8-9,12-13,16-17,30H2,1-2H3,(H,34,38). The van der Waals surface area contributed by atoms with Crippen LogP contribution in [0.4, 0.5) is 5.82 Å². The first kappa shape index (κ1) is 29.5. The lowest BCUT2D eigenvalue weighted by molar-refractivity contribution is -0.0685. The summed E-state index contributed by atoms with van der Waals surface area (Å²) < 4.78 is 41.6. The van der Waals surface area contributed by atoms with Gasteiger partial charge in [0.05, 0.1) is 42.0 Å². The van der Waals surface area contributed by atoms with Crippen molar-refractivity contribution >= 4 is 27.2 Å². The molecule has 0 aliphatic heterocycles. The lowest BCUT2D eigenvalue weighted by atomic mass is 9.76. The van der Waals surface area contributed by atoms with E-state index >= 15 is 0 Å². The van der Waals surface area contributed by atoms with E-state index in [-0.39, 0.29) is 42.7 Å². The molecule has 1 aromatic carbocycles. The van der Waals surface area contributed by atoms with Crippen molar-refractivity contribution in [3.8, 4) is 16.9 Å². The summed E-state index contributed by atoms with van der Waals surface area (Å²) in [6, 6.07) is 12.7. The molecule has 0 spiro atoms. The van der Waals surface area contributed by atoms with Crippen molar-refractivity contribution in [2.75, 3.05) is 32.3 Å². The highest BCUT2D eigenvalue weighted by atomic mass is 32.2. The number of para-hydroxylation sites is 1. The average Bonchev–Trinajstić information content (AvgIpc) is 3.77. The van der Waals surface area contributed by atoms with Crippen LogP contribution in [0.1, 0.15) is 42.1 Å². The molecular weight excluding hydrogens is 588 g/mol. The third-order valence-electron chi connectivity index (χ3n) is 7.98. The molecular formula is C29H32N8O6S. The van der Waals surface area contributed by atoms with Crippen LogP contribution in [0.15, 0.2) is 70.7 Å². The number of anilines is 1. The summed E-state index contributed by atoms with van der Waals surface area (Å²) >= 11 is 0. The monoisotopic (exact) mass is 620 g/mol. The SMILES string of the molecule is COCCOC1(C(=O)n2ccc(=O)[nH]2)CCC(c2nc3c(-c4ccn(-c5ccccc5)n4)cnn3c(N)c2S(C)(=O)=O)CC1. The van der Waals surface area contributed by atoms with Gasteiger partial charge in [0.25, 0.3) is 11.5 Å². The number of nitrogens with zero attached hydrogens (tertiary/aromatic N) is 6. The Morgan fingerprint density at radius 3 is 2.52 bits per heavy atom. The number of nitrogen functional groups attached to an aromatic ring is 1. The lowest BCUT2D eigenvalue weighted by Crippen LogP contribution is -2.48. The number of rotatable bonds is 9. The minimum atomic E-state index is -3.82. The van der Waals surface area contributed by atoms with Gasteiger partial charge in [0.15, 0.2) is 15.5 Å². The second-order valence-corrected chi connectivity index (χ2v) is 12.8.